The van der Waals surface area contributed by atoms with Crippen molar-refractivity contribution in [3.05, 3.63) is 17.0 Å². The Morgan fingerprint density at radius 1 is 0.839 bits per heavy atom. The van der Waals surface area contributed by atoms with Crippen molar-refractivity contribution in [2.75, 3.05) is 32.8 Å². The summed E-state index contributed by atoms with van der Waals surface area (Å²) in [5.74, 6) is -0.220. The van der Waals surface area contributed by atoms with Crippen LogP contribution in [0.1, 0.15) is 113 Å². The summed E-state index contributed by atoms with van der Waals surface area (Å²) in [5, 5.41) is 0.825. The first-order chi connectivity index (χ1) is 15.3. The Bertz CT molecular complexity index is 569. The SMILES string of the molecule is CCCCCCCCCCCCCCOc1ccc(C(=O)OCCN2CCCCC2)s1. The number of hydrogen-bond donors (Lipinski definition) is 0. The molecule has 1 fully saturated rings. The number of esters is 1. The second-order valence-corrected chi connectivity index (χ2v) is 9.94. The smallest absolute Gasteiger partial charge is 0.348 e. The maximum Gasteiger partial charge on any atom is 0.348 e. The molecule has 2 rings (SSSR count). The first kappa shape index (κ1) is 26.2. The van der Waals surface area contributed by atoms with E-state index in [4.69, 9.17) is 9.47 Å². The van der Waals surface area contributed by atoms with E-state index < -0.39 is 0 Å². The van der Waals surface area contributed by atoms with Gasteiger partial charge in [0.05, 0.1) is 6.61 Å². The second-order valence-electron chi connectivity index (χ2n) is 8.89. The monoisotopic (exact) mass is 451 g/mol. The van der Waals surface area contributed by atoms with Crippen LogP contribution in [-0.2, 0) is 4.74 Å². The molecule has 0 unspecified atom stereocenters. The number of piperidine rings is 1. The van der Waals surface area contributed by atoms with Crippen LogP contribution in [0.15, 0.2) is 12.1 Å². The summed E-state index contributed by atoms with van der Waals surface area (Å²) in [6.07, 6.45) is 20.0. The largest absolute Gasteiger partial charge is 0.484 e. The average molecular weight is 452 g/mol. The van der Waals surface area contributed by atoms with E-state index in [0.717, 1.165) is 37.7 Å². The topological polar surface area (TPSA) is 38.8 Å². The van der Waals surface area contributed by atoms with Crippen LogP contribution in [0.4, 0.5) is 0 Å². The molecular weight excluding hydrogens is 406 g/mol. The number of nitrogens with zero attached hydrogens (tertiary/aromatic N) is 1. The molecule has 0 bridgehead atoms. The van der Waals surface area contributed by atoms with Crippen molar-refractivity contribution in [3.8, 4) is 5.06 Å². The van der Waals surface area contributed by atoms with Crippen LogP contribution in [0.25, 0.3) is 0 Å². The zero-order chi connectivity index (χ0) is 22.0. The van der Waals surface area contributed by atoms with Crippen molar-refractivity contribution in [2.45, 2.75) is 103 Å². The molecule has 4 nitrogen and oxygen atoms in total. The zero-order valence-corrected chi connectivity index (χ0v) is 20.7. The van der Waals surface area contributed by atoms with Crippen molar-refractivity contribution in [1.29, 1.82) is 0 Å². The predicted octanol–water partition coefficient (Wildman–Crippen LogP) is 7.47. The molecule has 1 aromatic rings. The third-order valence-corrected chi connectivity index (χ3v) is 7.09. The number of likely N-dealkylation sites (tertiary alicyclic amines) is 1. The first-order valence-corrected chi connectivity index (χ1v) is 13.7. The fourth-order valence-corrected chi connectivity index (χ4v) is 4.92. The minimum absolute atomic E-state index is 0.220. The molecule has 0 saturated carbocycles. The molecule has 1 aliphatic rings. The van der Waals surface area contributed by atoms with Crippen molar-refractivity contribution in [2.24, 2.45) is 0 Å². The number of carbonyl (C=O) groups excluding carboxylic acids is 1. The Kier molecular flexibility index (Phi) is 14.8. The van der Waals surface area contributed by atoms with Gasteiger partial charge in [-0.3, -0.25) is 4.90 Å². The first-order valence-electron chi connectivity index (χ1n) is 12.9. The maximum atomic E-state index is 12.2. The minimum atomic E-state index is -0.220. The molecule has 0 N–H and O–H groups in total. The van der Waals surface area contributed by atoms with Crippen LogP contribution in [-0.4, -0.2) is 43.7 Å². The van der Waals surface area contributed by atoms with Crippen molar-refractivity contribution in [1.82, 2.24) is 4.90 Å². The Hall–Kier alpha value is -1.07. The van der Waals surface area contributed by atoms with Crippen molar-refractivity contribution < 1.29 is 14.3 Å². The van der Waals surface area contributed by atoms with E-state index in [2.05, 4.69) is 11.8 Å². The van der Waals surface area contributed by atoms with E-state index >= 15 is 0 Å². The van der Waals surface area contributed by atoms with Gasteiger partial charge in [0, 0.05) is 6.54 Å². The lowest BCUT2D eigenvalue weighted by Crippen LogP contribution is -2.33. The Labute approximate surface area is 194 Å². The number of hydrogen-bond acceptors (Lipinski definition) is 5. The number of unbranched alkanes of at least 4 members (excludes halogenated alkanes) is 11. The van der Waals surface area contributed by atoms with Gasteiger partial charge < -0.3 is 9.47 Å². The summed E-state index contributed by atoms with van der Waals surface area (Å²) in [4.78, 5) is 15.2. The summed E-state index contributed by atoms with van der Waals surface area (Å²) >= 11 is 1.40. The minimum Gasteiger partial charge on any atom is -0.484 e. The summed E-state index contributed by atoms with van der Waals surface area (Å²) in [6, 6.07) is 3.72. The lowest BCUT2D eigenvalue weighted by molar-refractivity contribution is 0.0457. The standard InChI is InChI=1S/C26H45NO3S/c1-2-3-4-5-6-7-8-9-10-11-12-16-22-29-25-18-17-24(31-25)26(28)30-23-21-27-19-14-13-15-20-27/h17-18H,2-16,19-23H2,1H3. The Morgan fingerprint density at radius 2 is 1.45 bits per heavy atom. The van der Waals surface area contributed by atoms with Crippen LogP contribution in [0.5, 0.6) is 5.06 Å². The zero-order valence-electron chi connectivity index (χ0n) is 19.9. The third kappa shape index (κ3) is 12.5. The molecule has 0 spiro atoms. The van der Waals surface area contributed by atoms with Gasteiger partial charge in [0.1, 0.15) is 11.5 Å². The highest BCUT2D eigenvalue weighted by molar-refractivity contribution is 7.15. The van der Waals surface area contributed by atoms with E-state index in [-0.39, 0.29) is 5.97 Å². The van der Waals surface area contributed by atoms with Gasteiger partial charge in [0.25, 0.3) is 0 Å². The second kappa shape index (κ2) is 17.5. The van der Waals surface area contributed by atoms with Crippen LogP contribution in [0.2, 0.25) is 0 Å². The normalized spacial score (nSPS) is 14.6. The summed E-state index contributed by atoms with van der Waals surface area (Å²) in [6.45, 7) is 6.60. The van der Waals surface area contributed by atoms with E-state index in [1.807, 2.05) is 12.1 Å². The maximum absolute atomic E-state index is 12.2. The average Bonchev–Trinajstić information content (AvgIpc) is 3.27. The number of rotatable bonds is 18. The molecule has 1 saturated heterocycles. The fourth-order valence-electron chi connectivity index (χ4n) is 4.14. The molecule has 5 heteroatoms. The molecule has 1 aliphatic heterocycles. The molecule has 2 heterocycles. The molecule has 0 amide bonds. The molecule has 178 valence electrons. The highest BCUT2D eigenvalue weighted by Gasteiger charge is 2.14. The Balaban J connectivity index is 1.42. The third-order valence-electron chi connectivity index (χ3n) is 6.11. The van der Waals surface area contributed by atoms with Crippen LogP contribution >= 0.6 is 11.3 Å². The highest BCUT2D eigenvalue weighted by atomic mass is 32.1. The lowest BCUT2D eigenvalue weighted by atomic mass is 10.1. The van der Waals surface area contributed by atoms with Gasteiger partial charge in [0.2, 0.25) is 0 Å². The van der Waals surface area contributed by atoms with Crippen LogP contribution < -0.4 is 4.74 Å². The van der Waals surface area contributed by atoms with Crippen molar-refractivity contribution in [3.63, 3.8) is 0 Å². The quantitative estimate of drug-likeness (QED) is 0.171. The molecule has 1 aromatic heterocycles. The van der Waals surface area contributed by atoms with Gasteiger partial charge in [-0.25, -0.2) is 4.79 Å². The van der Waals surface area contributed by atoms with Gasteiger partial charge in [0.15, 0.2) is 5.06 Å². The van der Waals surface area contributed by atoms with E-state index in [1.165, 1.54) is 101 Å². The molecule has 0 aromatic carbocycles. The number of ether oxygens (including phenoxy) is 2. The van der Waals surface area contributed by atoms with E-state index in [1.54, 1.807) is 0 Å². The summed E-state index contributed by atoms with van der Waals surface area (Å²) in [7, 11) is 0. The highest BCUT2D eigenvalue weighted by Crippen LogP contribution is 2.25. The lowest BCUT2D eigenvalue weighted by Gasteiger charge is -2.25. The molecule has 31 heavy (non-hydrogen) atoms. The molecule has 0 radical (unpaired) electrons. The van der Waals surface area contributed by atoms with Crippen molar-refractivity contribution >= 4 is 17.3 Å². The van der Waals surface area contributed by atoms with Gasteiger partial charge in [-0.05, 0) is 44.5 Å². The van der Waals surface area contributed by atoms with Gasteiger partial charge in [-0.2, -0.15) is 0 Å². The predicted molar refractivity (Wildman–Crippen MR) is 131 cm³/mol. The molecule has 0 aliphatic carbocycles. The van der Waals surface area contributed by atoms with E-state index in [9.17, 15) is 4.79 Å². The van der Waals surface area contributed by atoms with Gasteiger partial charge in [-0.1, -0.05) is 95.3 Å². The van der Waals surface area contributed by atoms with Gasteiger partial charge in [-0.15, -0.1) is 0 Å². The Morgan fingerprint density at radius 3 is 2.10 bits per heavy atom. The van der Waals surface area contributed by atoms with Crippen LogP contribution in [0, 0.1) is 0 Å². The number of carbonyl (C=O) groups is 1. The summed E-state index contributed by atoms with van der Waals surface area (Å²) < 4.78 is 11.3. The fraction of sp³-hybridized carbons (Fsp3) is 0.808. The van der Waals surface area contributed by atoms with E-state index in [0.29, 0.717) is 11.5 Å². The summed E-state index contributed by atoms with van der Waals surface area (Å²) in [5.41, 5.74) is 0. The number of thiophene rings is 1. The molecule has 0 atom stereocenters. The molecular formula is C26H45NO3S. The van der Waals surface area contributed by atoms with Gasteiger partial charge >= 0.3 is 5.97 Å². The van der Waals surface area contributed by atoms with Crippen LogP contribution in [0.3, 0.4) is 0 Å².